The molecule has 6 nitrogen and oxygen atoms in total. The molecule has 98 valence electrons. The van der Waals surface area contributed by atoms with Gasteiger partial charge in [-0.25, -0.2) is 0 Å². The lowest BCUT2D eigenvalue weighted by molar-refractivity contribution is 0.318. The molecule has 6 heteroatoms. The van der Waals surface area contributed by atoms with Gasteiger partial charge in [0, 0.05) is 18.3 Å². The number of nitrogens with zero attached hydrogens (tertiary/aromatic N) is 4. The second kappa shape index (κ2) is 5.34. The highest BCUT2D eigenvalue weighted by Gasteiger charge is 2.08. The maximum atomic E-state index is 8.70. The Balaban J connectivity index is 2.36. The van der Waals surface area contributed by atoms with Crippen molar-refractivity contribution in [3.63, 3.8) is 0 Å². The monoisotopic (exact) mass is 257 g/mol. The van der Waals surface area contributed by atoms with Gasteiger partial charge in [0.2, 0.25) is 0 Å². The van der Waals surface area contributed by atoms with Crippen LogP contribution in [0.25, 0.3) is 0 Å². The highest BCUT2D eigenvalue weighted by atomic mass is 16.4. The van der Waals surface area contributed by atoms with Gasteiger partial charge in [0.25, 0.3) is 0 Å². The first-order valence-corrected chi connectivity index (χ1v) is 5.73. The zero-order chi connectivity index (χ0) is 13.8. The van der Waals surface area contributed by atoms with Crippen molar-refractivity contribution in [2.75, 3.05) is 11.9 Å². The fraction of sp³-hybridized carbons (Fsp3) is 0.154. The van der Waals surface area contributed by atoms with Gasteiger partial charge in [-0.1, -0.05) is 17.3 Å². The molecule has 1 aromatic carbocycles. The zero-order valence-corrected chi connectivity index (χ0v) is 10.8. The molecule has 0 atom stereocenters. The van der Waals surface area contributed by atoms with E-state index in [0.717, 1.165) is 17.1 Å². The van der Waals surface area contributed by atoms with Crippen molar-refractivity contribution in [2.45, 2.75) is 6.92 Å². The van der Waals surface area contributed by atoms with E-state index in [1.165, 1.54) is 0 Å². The second-order valence-corrected chi connectivity index (χ2v) is 4.19. The summed E-state index contributed by atoms with van der Waals surface area (Å²) in [5.74, 6) is 0.808. The predicted molar refractivity (Wildman–Crippen MR) is 73.8 cm³/mol. The third-order valence-electron chi connectivity index (χ3n) is 2.76. The molecule has 0 radical (unpaired) electrons. The van der Waals surface area contributed by atoms with Gasteiger partial charge >= 0.3 is 0 Å². The third-order valence-corrected chi connectivity index (χ3v) is 2.76. The minimum Gasteiger partial charge on any atom is -0.409 e. The number of nitrogens with two attached hydrogens (primary N) is 1. The molecule has 2 aromatic rings. The number of anilines is 2. The largest absolute Gasteiger partial charge is 0.409 e. The number of rotatable bonds is 3. The molecule has 2 rings (SSSR count). The quantitative estimate of drug-likeness (QED) is 0.378. The number of hydrogen-bond donors (Lipinski definition) is 2. The summed E-state index contributed by atoms with van der Waals surface area (Å²) in [5.41, 5.74) is 8.14. The molecule has 0 bridgehead atoms. The summed E-state index contributed by atoms with van der Waals surface area (Å²) in [6.07, 6.45) is 1.70. The first kappa shape index (κ1) is 12.8. The van der Waals surface area contributed by atoms with Crippen molar-refractivity contribution in [2.24, 2.45) is 10.9 Å². The van der Waals surface area contributed by atoms with Gasteiger partial charge in [-0.05, 0) is 30.7 Å². The normalized spacial score (nSPS) is 11.4. The van der Waals surface area contributed by atoms with E-state index < -0.39 is 0 Å². The lowest BCUT2D eigenvalue weighted by Gasteiger charge is -2.18. The van der Waals surface area contributed by atoms with E-state index in [1.807, 2.05) is 43.1 Å². The average molecular weight is 257 g/mol. The predicted octanol–water partition coefficient (Wildman–Crippen LogP) is 1.65. The SMILES string of the molecule is Cc1cnnc(N(C)c2cccc(/C(N)=N/O)c2)c1. The molecule has 0 unspecified atom stereocenters. The Morgan fingerprint density at radius 1 is 1.37 bits per heavy atom. The van der Waals surface area contributed by atoms with Crippen LogP contribution in [-0.2, 0) is 0 Å². The highest BCUT2D eigenvalue weighted by Crippen LogP contribution is 2.22. The molecule has 0 aliphatic carbocycles. The topological polar surface area (TPSA) is 87.6 Å². The van der Waals surface area contributed by atoms with E-state index in [2.05, 4.69) is 15.4 Å². The van der Waals surface area contributed by atoms with Crippen LogP contribution in [0, 0.1) is 6.92 Å². The molecule has 0 saturated heterocycles. The highest BCUT2D eigenvalue weighted by molar-refractivity contribution is 5.97. The summed E-state index contributed by atoms with van der Waals surface area (Å²) in [4.78, 5) is 1.88. The van der Waals surface area contributed by atoms with Gasteiger partial charge < -0.3 is 15.8 Å². The lowest BCUT2D eigenvalue weighted by atomic mass is 10.1. The second-order valence-electron chi connectivity index (χ2n) is 4.19. The summed E-state index contributed by atoms with van der Waals surface area (Å²) in [5, 5.41) is 19.7. The summed E-state index contributed by atoms with van der Waals surface area (Å²) < 4.78 is 0. The van der Waals surface area contributed by atoms with E-state index in [1.54, 1.807) is 12.3 Å². The van der Waals surface area contributed by atoms with Crippen molar-refractivity contribution in [3.8, 4) is 0 Å². The minimum atomic E-state index is 0.0746. The summed E-state index contributed by atoms with van der Waals surface area (Å²) in [6, 6.07) is 9.27. The maximum Gasteiger partial charge on any atom is 0.170 e. The van der Waals surface area contributed by atoms with Crippen LogP contribution in [0.5, 0.6) is 0 Å². The van der Waals surface area contributed by atoms with Crippen LogP contribution in [0.2, 0.25) is 0 Å². The summed E-state index contributed by atoms with van der Waals surface area (Å²) in [6.45, 7) is 1.96. The molecule has 19 heavy (non-hydrogen) atoms. The van der Waals surface area contributed by atoms with Crippen LogP contribution in [-0.4, -0.2) is 28.3 Å². The maximum absolute atomic E-state index is 8.70. The first-order valence-electron chi connectivity index (χ1n) is 5.73. The Kier molecular flexibility index (Phi) is 3.61. The standard InChI is InChI=1S/C13H15N5O/c1-9-6-12(16-15-8-9)18(2)11-5-3-4-10(7-11)13(14)17-19/h3-8,19H,1-2H3,(H2,14,17). The van der Waals surface area contributed by atoms with Gasteiger partial charge in [-0.3, -0.25) is 0 Å². The van der Waals surface area contributed by atoms with Gasteiger partial charge in [0.1, 0.15) is 0 Å². The molecule has 0 fully saturated rings. The smallest absolute Gasteiger partial charge is 0.170 e. The van der Waals surface area contributed by atoms with Gasteiger partial charge in [0.05, 0.1) is 6.20 Å². The van der Waals surface area contributed by atoms with Crippen molar-refractivity contribution in [3.05, 3.63) is 47.7 Å². The Bertz CT molecular complexity index is 611. The summed E-state index contributed by atoms with van der Waals surface area (Å²) >= 11 is 0. The Morgan fingerprint density at radius 2 is 2.16 bits per heavy atom. The van der Waals surface area contributed by atoms with Crippen molar-refractivity contribution < 1.29 is 5.21 Å². The van der Waals surface area contributed by atoms with Gasteiger partial charge in [-0.15, -0.1) is 5.10 Å². The van der Waals surface area contributed by atoms with Crippen molar-refractivity contribution in [1.82, 2.24) is 10.2 Å². The van der Waals surface area contributed by atoms with E-state index in [-0.39, 0.29) is 5.84 Å². The number of benzene rings is 1. The van der Waals surface area contributed by atoms with E-state index in [9.17, 15) is 0 Å². The van der Waals surface area contributed by atoms with Gasteiger partial charge in [-0.2, -0.15) is 5.10 Å². The van der Waals surface area contributed by atoms with Crippen LogP contribution in [0.1, 0.15) is 11.1 Å². The molecule has 0 aliphatic heterocycles. The molecule has 0 spiro atoms. The lowest BCUT2D eigenvalue weighted by Crippen LogP contribution is -2.16. The minimum absolute atomic E-state index is 0.0746. The zero-order valence-electron chi connectivity index (χ0n) is 10.8. The van der Waals surface area contributed by atoms with Crippen LogP contribution in [0.15, 0.2) is 41.7 Å². The molecule has 1 heterocycles. The van der Waals surface area contributed by atoms with Crippen LogP contribution < -0.4 is 10.6 Å². The van der Waals surface area contributed by atoms with Crippen LogP contribution in [0.4, 0.5) is 11.5 Å². The van der Waals surface area contributed by atoms with E-state index >= 15 is 0 Å². The van der Waals surface area contributed by atoms with E-state index in [4.69, 9.17) is 10.9 Å². The Labute approximate surface area is 111 Å². The number of aromatic nitrogens is 2. The number of aryl methyl sites for hydroxylation is 1. The number of amidine groups is 1. The van der Waals surface area contributed by atoms with Gasteiger partial charge in [0.15, 0.2) is 11.7 Å². The molecule has 0 aliphatic rings. The Morgan fingerprint density at radius 3 is 2.84 bits per heavy atom. The van der Waals surface area contributed by atoms with Crippen LogP contribution in [0.3, 0.4) is 0 Å². The fourth-order valence-electron chi connectivity index (χ4n) is 1.68. The van der Waals surface area contributed by atoms with Crippen molar-refractivity contribution in [1.29, 1.82) is 0 Å². The third kappa shape index (κ3) is 2.79. The molecule has 1 aromatic heterocycles. The molecular formula is C13H15N5O. The summed E-state index contributed by atoms with van der Waals surface area (Å²) in [7, 11) is 1.88. The van der Waals surface area contributed by atoms with Crippen molar-refractivity contribution >= 4 is 17.3 Å². The molecular weight excluding hydrogens is 242 g/mol. The van der Waals surface area contributed by atoms with Crippen LogP contribution >= 0.6 is 0 Å². The average Bonchev–Trinajstić information content (AvgIpc) is 2.45. The first-order chi connectivity index (χ1) is 9.11. The number of hydrogen-bond acceptors (Lipinski definition) is 5. The molecule has 3 N–H and O–H groups in total. The number of oxime groups is 1. The fourth-order valence-corrected chi connectivity index (χ4v) is 1.68. The van der Waals surface area contributed by atoms with E-state index in [0.29, 0.717) is 5.56 Å². The Hall–Kier alpha value is -2.63. The molecule has 0 amide bonds. The molecule has 0 saturated carbocycles.